The molecule has 1 aliphatic heterocycles. The second kappa shape index (κ2) is 9.98. The first-order valence-corrected chi connectivity index (χ1v) is 10.6. The summed E-state index contributed by atoms with van der Waals surface area (Å²) in [6, 6.07) is 23.0. The molecule has 0 unspecified atom stereocenters. The van der Waals surface area contributed by atoms with Crippen molar-refractivity contribution in [3.63, 3.8) is 0 Å². The lowest BCUT2D eigenvalue weighted by atomic mass is 9.95. The molecule has 1 aromatic heterocycles. The van der Waals surface area contributed by atoms with Crippen LogP contribution in [0.1, 0.15) is 24.2 Å². The van der Waals surface area contributed by atoms with Gasteiger partial charge in [0.15, 0.2) is 0 Å². The number of para-hydroxylation sites is 1. The van der Waals surface area contributed by atoms with E-state index in [-0.39, 0.29) is 17.9 Å². The molecule has 0 spiro atoms. The van der Waals surface area contributed by atoms with Crippen molar-refractivity contribution in [1.82, 2.24) is 9.80 Å². The number of likely N-dealkylation sites (tertiary alicyclic amines) is 1. The number of rotatable bonds is 6. The predicted octanol–water partition coefficient (Wildman–Crippen LogP) is 4.75. The van der Waals surface area contributed by atoms with Crippen LogP contribution in [0.3, 0.4) is 0 Å². The minimum absolute atomic E-state index is 0.0977. The summed E-state index contributed by atoms with van der Waals surface area (Å²) >= 11 is 0. The van der Waals surface area contributed by atoms with Gasteiger partial charge >= 0.3 is 6.03 Å². The van der Waals surface area contributed by atoms with E-state index in [1.165, 1.54) is 0 Å². The van der Waals surface area contributed by atoms with Crippen molar-refractivity contribution in [2.24, 2.45) is 5.92 Å². The van der Waals surface area contributed by atoms with Crippen LogP contribution in [-0.2, 0) is 17.9 Å². The highest BCUT2D eigenvalue weighted by Gasteiger charge is 2.30. The molecule has 1 aliphatic rings. The third-order valence-corrected chi connectivity index (χ3v) is 5.61. The van der Waals surface area contributed by atoms with E-state index in [1.54, 1.807) is 11.2 Å². The Morgan fingerprint density at radius 3 is 2.23 bits per heavy atom. The number of carbonyl (C=O) groups excluding carboxylic acids is 2. The maximum absolute atomic E-state index is 13.4. The maximum atomic E-state index is 13.4. The van der Waals surface area contributed by atoms with Crippen LogP contribution >= 0.6 is 0 Å². The summed E-state index contributed by atoms with van der Waals surface area (Å²) in [6.07, 6.45) is 2.94. The number of benzene rings is 2. The third-order valence-electron chi connectivity index (χ3n) is 5.61. The average molecular weight is 418 g/mol. The fourth-order valence-corrected chi connectivity index (χ4v) is 3.92. The molecule has 3 aromatic rings. The van der Waals surface area contributed by atoms with Gasteiger partial charge in [0.25, 0.3) is 0 Å². The van der Waals surface area contributed by atoms with Crippen LogP contribution in [0.4, 0.5) is 10.5 Å². The molecule has 0 atom stereocenters. The Morgan fingerprint density at radius 2 is 1.58 bits per heavy atom. The van der Waals surface area contributed by atoms with Crippen LogP contribution in [0.15, 0.2) is 83.5 Å². The standard InChI is InChI=1S/C25H27N3O3/c29-24(28(19-23-12-7-17-31-23)18-20-8-3-1-4-9-20)21-13-15-27(16-14-21)25(30)26-22-10-5-2-6-11-22/h1-12,17,21H,13-16,18-19H2,(H,26,30). The van der Waals surface area contributed by atoms with Gasteiger partial charge in [-0.2, -0.15) is 0 Å². The van der Waals surface area contributed by atoms with E-state index >= 15 is 0 Å². The fourth-order valence-electron chi connectivity index (χ4n) is 3.92. The van der Waals surface area contributed by atoms with Gasteiger partial charge in [-0.3, -0.25) is 4.79 Å². The average Bonchev–Trinajstić information content (AvgIpc) is 3.33. The van der Waals surface area contributed by atoms with Crippen molar-refractivity contribution in [2.75, 3.05) is 18.4 Å². The largest absolute Gasteiger partial charge is 0.467 e. The molecule has 6 heteroatoms. The van der Waals surface area contributed by atoms with Gasteiger partial charge in [-0.15, -0.1) is 0 Å². The molecule has 0 saturated carbocycles. The Labute approximate surface area is 182 Å². The van der Waals surface area contributed by atoms with Gasteiger partial charge in [-0.1, -0.05) is 48.5 Å². The molecule has 1 fully saturated rings. The van der Waals surface area contributed by atoms with Gasteiger partial charge < -0.3 is 19.5 Å². The molecule has 3 amide bonds. The fraction of sp³-hybridized carbons (Fsp3) is 0.280. The van der Waals surface area contributed by atoms with Gasteiger partial charge in [0.2, 0.25) is 5.91 Å². The van der Waals surface area contributed by atoms with Crippen LogP contribution in [0.25, 0.3) is 0 Å². The lowest BCUT2D eigenvalue weighted by Crippen LogP contribution is -2.45. The summed E-state index contributed by atoms with van der Waals surface area (Å²) in [5.74, 6) is 0.784. The molecule has 31 heavy (non-hydrogen) atoms. The first-order chi connectivity index (χ1) is 15.2. The monoisotopic (exact) mass is 417 g/mol. The summed E-state index contributed by atoms with van der Waals surface area (Å²) in [7, 11) is 0. The number of piperidine rings is 1. The first-order valence-electron chi connectivity index (χ1n) is 10.6. The molecule has 4 rings (SSSR count). The molecular weight excluding hydrogens is 390 g/mol. The Morgan fingerprint density at radius 1 is 0.903 bits per heavy atom. The molecule has 2 heterocycles. The SMILES string of the molecule is O=C(Nc1ccccc1)N1CCC(C(=O)N(Cc2ccccc2)Cc2ccco2)CC1. The summed E-state index contributed by atoms with van der Waals surface area (Å²) in [4.78, 5) is 29.5. The molecule has 1 saturated heterocycles. The number of furan rings is 1. The van der Waals surface area contributed by atoms with E-state index in [0.717, 1.165) is 17.0 Å². The topological polar surface area (TPSA) is 65.8 Å². The van der Waals surface area contributed by atoms with Crippen LogP contribution in [0, 0.1) is 5.92 Å². The molecule has 0 aliphatic carbocycles. The van der Waals surface area contributed by atoms with Gasteiger partial charge in [0, 0.05) is 31.2 Å². The third kappa shape index (κ3) is 5.54. The maximum Gasteiger partial charge on any atom is 0.321 e. The number of hydrogen-bond acceptors (Lipinski definition) is 3. The Kier molecular flexibility index (Phi) is 6.67. The second-order valence-electron chi connectivity index (χ2n) is 7.82. The normalized spacial score (nSPS) is 14.3. The predicted molar refractivity (Wildman–Crippen MR) is 119 cm³/mol. The highest BCUT2D eigenvalue weighted by molar-refractivity contribution is 5.89. The van der Waals surface area contributed by atoms with Crippen LogP contribution in [0.2, 0.25) is 0 Å². The van der Waals surface area contributed by atoms with Gasteiger partial charge in [0.1, 0.15) is 5.76 Å². The highest BCUT2D eigenvalue weighted by atomic mass is 16.3. The Bertz CT molecular complexity index is 966. The number of nitrogens with one attached hydrogen (secondary N) is 1. The van der Waals surface area contributed by atoms with Crippen molar-refractivity contribution < 1.29 is 14.0 Å². The molecular formula is C25H27N3O3. The van der Waals surface area contributed by atoms with Gasteiger partial charge in [0.05, 0.1) is 12.8 Å². The van der Waals surface area contributed by atoms with Crippen molar-refractivity contribution in [3.8, 4) is 0 Å². The first kappa shape index (κ1) is 20.7. The molecule has 2 aromatic carbocycles. The van der Waals surface area contributed by atoms with E-state index in [0.29, 0.717) is 39.0 Å². The van der Waals surface area contributed by atoms with Gasteiger partial charge in [-0.05, 0) is 42.7 Å². The number of amides is 3. The van der Waals surface area contributed by atoms with Crippen molar-refractivity contribution in [1.29, 1.82) is 0 Å². The zero-order valence-electron chi connectivity index (χ0n) is 17.4. The van der Waals surface area contributed by atoms with E-state index < -0.39 is 0 Å². The number of anilines is 1. The highest BCUT2D eigenvalue weighted by Crippen LogP contribution is 2.23. The number of hydrogen-bond donors (Lipinski definition) is 1. The van der Waals surface area contributed by atoms with Crippen molar-refractivity contribution in [2.45, 2.75) is 25.9 Å². The van der Waals surface area contributed by atoms with Gasteiger partial charge in [-0.25, -0.2) is 4.79 Å². The summed E-state index contributed by atoms with van der Waals surface area (Å²) in [5.41, 5.74) is 1.86. The van der Waals surface area contributed by atoms with E-state index in [9.17, 15) is 9.59 Å². The van der Waals surface area contributed by atoms with E-state index in [1.807, 2.05) is 77.7 Å². The second-order valence-corrected chi connectivity index (χ2v) is 7.82. The molecule has 160 valence electrons. The van der Waals surface area contributed by atoms with Crippen molar-refractivity contribution in [3.05, 3.63) is 90.4 Å². The summed E-state index contributed by atoms with van der Waals surface area (Å²) in [5, 5.41) is 2.92. The molecule has 0 bridgehead atoms. The lowest BCUT2D eigenvalue weighted by molar-refractivity contribution is -0.138. The minimum atomic E-state index is -0.117. The molecule has 6 nitrogen and oxygen atoms in total. The van der Waals surface area contributed by atoms with E-state index in [4.69, 9.17) is 4.42 Å². The zero-order valence-corrected chi connectivity index (χ0v) is 17.4. The smallest absolute Gasteiger partial charge is 0.321 e. The van der Waals surface area contributed by atoms with Crippen LogP contribution in [-0.4, -0.2) is 34.8 Å². The van der Waals surface area contributed by atoms with Crippen LogP contribution in [0.5, 0.6) is 0 Å². The summed E-state index contributed by atoms with van der Waals surface area (Å²) < 4.78 is 5.49. The number of carbonyl (C=O) groups is 2. The number of nitrogens with zero attached hydrogens (tertiary/aromatic N) is 2. The van der Waals surface area contributed by atoms with E-state index in [2.05, 4.69) is 5.32 Å². The lowest BCUT2D eigenvalue weighted by Gasteiger charge is -2.34. The minimum Gasteiger partial charge on any atom is -0.467 e. The quantitative estimate of drug-likeness (QED) is 0.629. The Hall–Kier alpha value is -3.54. The van der Waals surface area contributed by atoms with Crippen molar-refractivity contribution >= 4 is 17.6 Å². The Balaban J connectivity index is 1.37. The zero-order chi connectivity index (χ0) is 21.5. The molecule has 0 radical (unpaired) electrons. The van der Waals surface area contributed by atoms with Crippen LogP contribution < -0.4 is 5.32 Å². The molecule has 1 N–H and O–H groups in total. The summed E-state index contributed by atoms with van der Waals surface area (Å²) in [6.45, 7) is 2.11. The number of urea groups is 1.